The molecule has 0 saturated carbocycles. The molecule has 0 fully saturated rings. The minimum absolute atomic E-state index is 0.677. The van der Waals surface area contributed by atoms with E-state index < -0.39 is 11.7 Å². The van der Waals surface area contributed by atoms with Gasteiger partial charge >= 0.3 is 5.66 Å². The molecule has 1 heterocycles. The van der Waals surface area contributed by atoms with Crippen LogP contribution >= 0.6 is 0 Å². The van der Waals surface area contributed by atoms with Crippen molar-refractivity contribution in [3.05, 3.63) is 12.3 Å². The van der Waals surface area contributed by atoms with Gasteiger partial charge in [0.15, 0.2) is 18.4 Å². The zero-order chi connectivity index (χ0) is 12.2. The maximum Gasteiger partial charge on any atom is 0.313 e. The Morgan fingerprint density at radius 1 is 1.00 bits per heavy atom. The molecule has 1 aliphatic rings. The van der Waals surface area contributed by atoms with Gasteiger partial charge in [0, 0.05) is 6.20 Å². The lowest BCUT2D eigenvalue weighted by atomic mass is 10.1. The molecule has 0 bridgehead atoms. The Balaban J connectivity index is 3.45. The maximum absolute atomic E-state index is 8.96. The molecular weight excluding hydrogens is 206 g/mol. The van der Waals surface area contributed by atoms with Crippen molar-refractivity contribution in [2.45, 2.75) is 11.7 Å². The molecule has 0 aromatic rings. The van der Waals surface area contributed by atoms with E-state index in [0.29, 0.717) is 4.90 Å². The predicted octanol–water partition coefficient (Wildman–Crippen LogP) is -0.285. The lowest BCUT2D eigenvalue weighted by Gasteiger charge is -2.37. The smallest absolute Gasteiger partial charge is 0.240 e. The van der Waals surface area contributed by atoms with Gasteiger partial charge in [-0.1, -0.05) is 0 Å². The Hall–Kier alpha value is -3.21. The third-order valence-corrected chi connectivity index (χ3v) is 2.05. The van der Waals surface area contributed by atoms with E-state index >= 15 is 0 Å². The van der Waals surface area contributed by atoms with Crippen LogP contribution in [0.3, 0.4) is 0 Å². The second-order valence-electron chi connectivity index (χ2n) is 2.75. The van der Waals surface area contributed by atoms with Crippen LogP contribution in [0.1, 0.15) is 0 Å². The van der Waals surface area contributed by atoms with Crippen molar-refractivity contribution in [1.29, 1.82) is 26.3 Å². The average molecular weight is 209 g/mol. The van der Waals surface area contributed by atoms with E-state index in [1.165, 1.54) is 6.08 Å². The van der Waals surface area contributed by atoms with Crippen molar-refractivity contribution in [2.24, 2.45) is 0 Å². The molecule has 0 amide bonds. The highest BCUT2D eigenvalue weighted by molar-refractivity contribution is 5.34. The largest absolute Gasteiger partial charge is 0.313 e. The van der Waals surface area contributed by atoms with Crippen LogP contribution in [0.15, 0.2) is 12.3 Å². The number of rotatable bonds is 0. The van der Waals surface area contributed by atoms with Crippen LogP contribution in [-0.2, 0) is 0 Å². The molecule has 1 aliphatic heterocycles. The summed E-state index contributed by atoms with van der Waals surface area (Å²) >= 11 is 0. The summed E-state index contributed by atoms with van der Waals surface area (Å²) in [5.41, 5.74) is -2.08. The Morgan fingerprint density at radius 3 is 2.00 bits per heavy atom. The van der Waals surface area contributed by atoms with Crippen molar-refractivity contribution in [1.82, 2.24) is 9.80 Å². The van der Waals surface area contributed by atoms with Gasteiger partial charge in [0.05, 0.1) is 6.07 Å². The second-order valence-corrected chi connectivity index (χ2v) is 2.75. The average Bonchev–Trinajstić information content (AvgIpc) is 2.36. The fraction of sp³-hybridized carbons (Fsp3) is 0.222. The first-order valence-corrected chi connectivity index (χ1v) is 3.98. The Kier molecular flexibility index (Phi) is 2.64. The van der Waals surface area contributed by atoms with E-state index in [1.807, 2.05) is 0 Å². The first-order valence-electron chi connectivity index (χ1n) is 3.98. The zero-order valence-corrected chi connectivity index (χ0v) is 7.86. The van der Waals surface area contributed by atoms with Gasteiger partial charge in [-0.05, 0) is 6.08 Å². The summed E-state index contributed by atoms with van der Waals surface area (Å²) in [5.74, 6) is 0. The fourth-order valence-corrected chi connectivity index (χ4v) is 1.26. The van der Waals surface area contributed by atoms with E-state index in [0.717, 1.165) is 11.1 Å². The molecule has 7 nitrogen and oxygen atoms in total. The minimum atomic E-state index is -2.08. The van der Waals surface area contributed by atoms with Crippen molar-refractivity contribution in [3.63, 3.8) is 0 Å². The summed E-state index contributed by atoms with van der Waals surface area (Å²) in [6, 6.07) is 3.87. The van der Waals surface area contributed by atoms with Crippen LogP contribution in [0.2, 0.25) is 0 Å². The van der Waals surface area contributed by atoms with Gasteiger partial charge in [-0.25, -0.2) is 9.80 Å². The molecule has 7 heteroatoms. The summed E-state index contributed by atoms with van der Waals surface area (Å²) in [4.78, 5) is 1.40. The molecule has 0 spiro atoms. The molecular formula is C9H3N7. The monoisotopic (exact) mass is 209 g/mol. The molecule has 0 saturated heterocycles. The molecule has 0 N–H and O–H groups in total. The van der Waals surface area contributed by atoms with Crippen LogP contribution in [-0.4, -0.2) is 21.5 Å². The lowest BCUT2D eigenvalue weighted by molar-refractivity contribution is 0.132. The van der Waals surface area contributed by atoms with Gasteiger partial charge in [-0.2, -0.15) is 26.3 Å². The van der Waals surface area contributed by atoms with Gasteiger partial charge in [0.2, 0.25) is 0 Å². The number of hydrogen-bond donors (Lipinski definition) is 0. The topological polar surface area (TPSA) is 125 Å². The minimum Gasteiger partial charge on any atom is -0.240 e. The molecule has 16 heavy (non-hydrogen) atoms. The van der Waals surface area contributed by atoms with E-state index in [-0.39, 0.29) is 0 Å². The van der Waals surface area contributed by atoms with Crippen LogP contribution < -0.4 is 0 Å². The standard InChI is InChI=1S/C9H3N7/c10-3-8-1-2-15(6-13)9(4-11,5-12)16(8)7-14/h1-2,8H. The SMILES string of the molecule is N#CC1C=CN(C#N)C(C#N)(C#N)N1C#N. The maximum atomic E-state index is 8.96. The number of nitrogens with zero attached hydrogens (tertiary/aromatic N) is 7. The third-order valence-electron chi connectivity index (χ3n) is 2.05. The van der Waals surface area contributed by atoms with Gasteiger partial charge in [-0.15, -0.1) is 0 Å². The van der Waals surface area contributed by atoms with Gasteiger partial charge < -0.3 is 0 Å². The first-order chi connectivity index (χ1) is 7.69. The van der Waals surface area contributed by atoms with E-state index in [9.17, 15) is 0 Å². The van der Waals surface area contributed by atoms with Crippen molar-refractivity contribution in [3.8, 4) is 30.6 Å². The summed E-state index contributed by atoms with van der Waals surface area (Å²) in [7, 11) is 0. The van der Waals surface area contributed by atoms with Crippen molar-refractivity contribution in [2.75, 3.05) is 0 Å². The summed E-state index contributed by atoms with van der Waals surface area (Å²) in [5, 5.41) is 44.3. The van der Waals surface area contributed by atoms with E-state index in [4.69, 9.17) is 26.3 Å². The Labute approximate surface area is 91.4 Å². The Morgan fingerprint density at radius 2 is 1.62 bits per heavy atom. The highest BCUT2D eigenvalue weighted by atomic mass is 15.4. The molecule has 1 rings (SSSR count). The zero-order valence-electron chi connectivity index (χ0n) is 7.86. The number of nitriles is 5. The normalized spacial score (nSPS) is 20.8. The summed E-state index contributed by atoms with van der Waals surface area (Å²) < 4.78 is 0. The quantitative estimate of drug-likeness (QED) is 0.502. The molecule has 1 atom stereocenters. The first kappa shape index (κ1) is 10.9. The summed E-state index contributed by atoms with van der Waals surface area (Å²) in [6.07, 6.45) is 5.60. The van der Waals surface area contributed by atoms with Crippen LogP contribution in [0.5, 0.6) is 0 Å². The third kappa shape index (κ3) is 1.17. The van der Waals surface area contributed by atoms with Crippen LogP contribution in [0.25, 0.3) is 0 Å². The molecule has 0 aromatic carbocycles. The number of hydrogen-bond acceptors (Lipinski definition) is 7. The Bertz CT molecular complexity index is 513. The van der Waals surface area contributed by atoms with E-state index in [2.05, 4.69) is 0 Å². The van der Waals surface area contributed by atoms with E-state index in [1.54, 1.807) is 30.6 Å². The molecule has 0 radical (unpaired) electrons. The highest BCUT2D eigenvalue weighted by Gasteiger charge is 2.48. The van der Waals surface area contributed by atoms with Crippen LogP contribution in [0, 0.1) is 56.9 Å². The highest BCUT2D eigenvalue weighted by Crippen LogP contribution is 2.26. The summed E-state index contributed by atoms with van der Waals surface area (Å²) in [6.45, 7) is 0. The van der Waals surface area contributed by atoms with Crippen molar-refractivity contribution >= 4 is 0 Å². The lowest BCUT2D eigenvalue weighted by Crippen LogP contribution is -2.59. The van der Waals surface area contributed by atoms with Crippen LogP contribution in [0.4, 0.5) is 0 Å². The fourth-order valence-electron chi connectivity index (χ4n) is 1.26. The van der Waals surface area contributed by atoms with Gasteiger partial charge in [0.1, 0.15) is 12.1 Å². The van der Waals surface area contributed by atoms with Gasteiger partial charge in [-0.3, -0.25) is 0 Å². The molecule has 0 aliphatic carbocycles. The predicted molar refractivity (Wildman–Crippen MR) is 47.4 cm³/mol. The van der Waals surface area contributed by atoms with Gasteiger partial charge in [0.25, 0.3) is 0 Å². The molecule has 74 valence electrons. The molecule has 0 aromatic heterocycles. The second kappa shape index (κ2) is 3.89. The van der Waals surface area contributed by atoms with Crippen molar-refractivity contribution < 1.29 is 0 Å². The molecule has 1 unspecified atom stereocenters.